The highest BCUT2D eigenvalue weighted by Gasteiger charge is 2.20. The molecule has 2 aromatic rings. The van der Waals surface area contributed by atoms with Crippen molar-refractivity contribution in [3.8, 4) is 5.75 Å². The van der Waals surface area contributed by atoms with E-state index in [9.17, 15) is 9.59 Å². The summed E-state index contributed by atoms with van der Waals surface area (Å²) in [5.41, 5.74) is 1.11. The van der Waals surface area contributed by atoms with E-state index >= 15 is 0 Å². The first kappa shape index (κ1) is 19.7. The number of ether oxygens (including phenoxy) is 1. The molecule has 0 spiro atoms. The van der Waals surface area contributed by atoms with Crippen molar-refractivity contribution >= 4 is 17.9 Å². The molecule has 1 aromatic heterocycles. The summed E-state index contributed by atoms with van der Waals surface area (Å²) in [4.78, 5) is 28.6. The molecule has 1 fully saturated rings. The van der Waals surface area contributed by atoms with Gasteiger partial charge in [0.15, 0.2) is 0 Å². The van der Waals surface area contributed by atoms with Crippen LogP contribution in [0.5, 0.6) is 5.75 Å². The molecule has 1 aliphatic rings. The van der Waals surface area contributed by atoms with Gasteiger partial charge >= 0.3 is 0 Å². The summed E-state index contributed by atoms with van der Waals surface area (Å²) in [7, 11) is 1.64. The monoisotopic (exact) mass is 382 g/mol. The molecule has 0 bridgehead atoms. The summed E-state index contributed by atoms with van der Waals surface area (Å²) in [5.74, 6) is 1.55. The molecule has 0 unspecified atom stereocenters. The van der Waals surface area contributed by atoms with Gasteiger partial charge in [-0.05, 0) is 48.7 Å². The maximum Gasteiger partial charge on any atom is 0.246 e. The first-order valence-corrected chi connectivity index (χ1v) is 9.57. The number of carbonyl (C=O) groups excluding carboxylic acids is 2. The summed E-state index contributed by atoms with van der Waals surface area (Å²) >= 11 is 0. The first-order chi connectivity index (χ1) is 13.7. The molecule has 1 saturated heterocycles. The van der Waals surface area contributed by atoms with Crippen LogP contribution in [0.2, 0.25) is 0 Å². The van der Waals surface area contributed by atoms with Crippen molar-refractivity contribution in [1.82, 2.24) is 9.80 Å². The first-order valence-electron chi connectivity index (χ1n) is 9.57. The maximum atomic E-state index is 12.6. The average Bonchev–Trinajstić information content (AvgIpc) is 3.13. The molecule has 3 rings (SSSR count). The van der Waals surface area contributed by atoms with Crippen LogP contribution in [-0.2, 0) is 16.0 Å². The lowest BCUT2D eigenvalue weighted by molar-refractivity contribution is -0.132. The van der Waals surface area contributed by atoms with Gasteiger partial charge in [-0.1, -0.05) is 12.1 Å². The molecule has 0 saturated carbocycles. The van der Waals surface area contributed by atoms with E-state index in [2.05, 4.69) is 0 Å². The van der Waals surface area contributed by atoms with E-state index in [0.717, 1.165) is 17.7 Å². The van der Waals surface area contributed by atoms with Crippen molar-refractivity contribution in [2.75, 3.05) is 33.3 Å². The van der Waals surface area contributed by atoms with Crippen molar-refractivity contribution in [2.45, 2.75) is 19.3 Å². The second kappa shape index (κ2) is 9.78. The van der Waals surface area contributed by atoms with Gasteiger partial charge in [-0.2, -0.15) is 0 Å². The zero-order valence-corrected chi connectivity index (χ0v) is 16.2. The third kappa shape index (κ3) is 5.49. The van der Waals surface area contributed by atoms with Gasteiger partial charge in [0.1, 0.15) is 11.5 Å². The van der Waals surface area contributed by atoms with Gasteiger partial charge in [0.2, 0.25) is 11.8 Å². The van der Waals surface area contributed by atoms with Gasteiger partial charge in [-0.3, -0.25) is 9.59 Å². The molecular formula is C22H26N2O4. The van der Waals surface area contributed by atoms with E-state index in [1.807, 2.05) is 29.2 Å². The van der Waals surface area contributed by atoms with E-state index in [4.69, 9.17) is 9.15 Å². The predicted molar refractivity (Wildman–Crippen MR) is 107 cm³/mol. The lowest BCUT2D eigenvalue weighted by Crippen LogP contribution is -2.36. The van der Waals surface area contributed by atoms with E-state index < -0.39 is 0 Å². The number of hydrogen-bond acceptors (Lipinski definition) is 4. The minimum atomic E-state index is -0.0519. The van der Waals surface area contributed by atoms with Crippen LogP contribution in [0.4, 0.5) is 0 Å². The Labute approximate surface area is 165 Å². The third-order valence-electron chi connectivity index (χ3n) is 4.88. The van der Waals surface area contributed by atoms with Gasteiger partial charge in [0, 0.05) is 38.7 Å². The van der Waals surface area contributed by atoms with E-state index in [0.29, 0.717) is 44.8 Å². The summed E-state index contributed by atoms with van der Waals surface area (Å²) in [6.45, 7) is 2.47. The number of amides is 2. The van der Waals surface area contributed by atoms with Gasteiger partial charge in [0.05, 0.1) is 13.4 Å². The Bertz CT molecular complexity index is 796. The number of aryl methyl sites for hydroxylation is 1. The molecule has 6 nitrogen and oxygen atoms in total. The molecule has 0 radical (unpaired) electrons. The lowest BCUT2D eigenvalue weighted by atomic mass is 10.1. The molecule has 1 aliphatic heterocycles. The number of methoxy groups -OCH3 is 1. The molecular weight excluding hydrogens is 356 g/mol. The molecule has 0 N–H and O–H groups in total. The van der Waals surface area contributed by atoms with E-state index in [-0.39, 0.29) is 11.8 Å². The second-order valence-corrected chi connectivity index (χ2v) is 6.76. The molecule has 28 heavy (non-hydrogen) atoms. The molecule has 148 valence electrons. The molecule has 1 aromatic carbocycles. The lowest BCUT2D eigenvalue weighted by Gasteiger charge is -2.21. The topological polar surface area (TPSA) is 63.0 Å². The quantitative estimate of drug-likeness (QED) is 0.721. The number of rotatable bonds is 6. The fraction of sp³-hybridized carbons (Fsp3) is 0.364. The van der Waals surface area contributed by atoms with Crippen molar-refractivity contribution in [3.63, 3.8) is 0 Å². The van der Waals surface area contributed by atoms with Gasteiger partial charge in [0.25, 0.3) is 0 Å². The Morgan fingerprint density at radius 3 is 2.54 bits per heavy atom. The van der Waals surface area contributed by atoms with Crippen molar-refractivity contribution in [1.29, 1.82) is 0 Å². The van der Waals surface area contributed by atoms with Crippen molar-refractivity contribution in [2.24, 2.45) is 0 Å². The Morgan fingerprint density at radius 2 is 1.82 bits per heavy atom. The smallest absolute Gasteiger partial charge is 0.246 e. The number of carbonyl (C=O) groups is 2. The fourth-order valence-corrected chi connectivity index (χ4v) is 3.23. The predicted octanol–water partition coefficient (Wildman–Crippen LogP) is 3.00. The zero-order chi connectivity index (χ0) is 19.8. The molecule has 6 heteroatoms. The standard InChI is InChI=1S/C22H26N2O4/c1-27-19-8-5-18(6-9-19)7-11-21(25)23-13-3-14-24(16-15-23)22(26)12-10-20-4-2-17-28-20/h2,4-6,8-10,12,17H,3,7,11,13-16H2,1H3. The maximum absolute atomic E-state index is 12.6. The molecule has 0 atom stereocenters. The Morgan fingerprint density at radius 1 is 1.07 bits per heavy atom. The number of nitrogens with zero attached hydrogens (tertiary/aromatic N) is 2. The number of hydrogen-bond donors (Lipinski definition) is 0. The fourth-order valence-electron chi connectivity index (χ4n) is 3.23. The third-order valence-corrected chi connectivity index (χ3v) is 4.88. The van der Waals surface area contributed by atoms with Crippen LogP contribution in [0.15, 0.2) is 53.2 Å². The van der Waals surface area contributed by atoms with Gasteiger partial charge in [-0.25, -0.2) is 0 Å². The second-order valence-electron chi connectivity index (χ2n) is 6.76. The van der Waals surface area contributed by atoms with Crippen LogP contribution in [0, 0.1) is 0 Å². The van der Waals surface area contributed by atoms with Crippen molar-refractivity contribution in [3.05, 3.63) is 60.1 Å². The molecule has 2 amide bonds. The van der Waals surface area contributed by atoms with Crippen LogP contribution in [0.3, 0.4) is 0 Å². The summed E-state index contributed by atoms with van der Waals surface area (Å²) in [6.07, 6.45) is 6.73. The van der Waals surface area contributed by atoms with Gasteiger partial charge in [-0.15, -0.1) is 0 Å². The Hall–Kier alpha value is -3.02. The summed E-state index contributed by atoms with van der Waals surface area (Å²) < 4.78 is 10.4. The number of furan rings is 1. The highest BCUT2D eigenvalue weighted by molar-refractivity contribution is 5.91. The van der Waals surface area contributed by atoms with Gasteiger partial charge < -0.3 is 19.0 Å². The zero-order valence-electron chi connectivity index (χ0n) is 16.2. The highest BCUT2D eigenvalue weighted by atomic mass is 16.5. The Kier molecular flexibility index (Phi) is 6.89. The SMILES string of the molecule is COc1ccc(CCC(=O)N2CCCN(C(=O)C=Cc3ccco3)CC2)cc1. The number of benzene rings is 1. The van der Waals surface area contributed by atoms with Crippen LogP contribution < -0.4 is 4.74 Å². The normalized spacial score (nSPS) is 14.9. The minimum Gasteiger partial charge on any atom is -0.497 e. The Balaban J connectivity index is 1.47. The molecule has 2 heterocycles. The molecule has 0 aliphatic carbocycles. The summed E-state index contributed by atoms with van der Waals surface area (Å²) in [5, 5.41) is 0. The highest BCUT2D eigenvalue weighted by Crippen LogP contribution is 2.14. The van der Waals surface area contributed by atoms with Crippen LogP contribution in [0.25, 0.3) is 6.08 Å². The summed E-state index contributed by atoms with van der Waals surface area (Å²) in [6, 6.07) is 11.4. The van der Waals surface area contributed by atoms with Crippen molar-refractivity contribution < 1.29 is 18.7 Å². The van der Waals surface area contributed by atoms with Crippen LogP contribution >= 0.6 is 0 Å². The van der Waals surface area contributed by atoms with E-state index in [1.54, 1.807) is 36.5 Å². The van der Waals surface area contributed by atoms with Crippen LogP contribution in [-0.4, -0.2) is 54.9 Å². The minimum absolute atomic E-state index is 0.0519. The van der Waals surface area contributed by atoms with Crippen LogP contribution in [0.1, 0.15) is 24.2 Å². The average molecular weight is 382 g/mol. The largest absolute Gasteiger partial charge is 0.497 e. The van der Waals surface area contributed by atoms with E-state index in [1.165, 1.54) is 6.08 Å².